The van der Waals surface area contributed by atoms with Crippen molar-refractivity contribution in [3.63, 3.8) is 0 Å². The van der Waals surface area contributed by atoms with Crippen molar-refractivity contribution in [1.29, 1.82) is 0 Å². The van der Waals surface area contributed by atoms with Gasteiger partial charge in [0.15, 0.2) is 11.5 Å². The number of hydrogen-bond acceptors (Lipinski definition) is 5. The number of ether oxygens (including phenoxy) is 2. The summed E-state index contributed by atoms with van der Waals surface area (Å²) in [5.41, 5.74) is 1.13. The second kappa shape index (κ2) is 3.83. The van der Waals surface area contributed by atoms with Crippen LogP contribution in [0.25, 0.3) is 0 Å². The highest BCUT2D eigenvalue weighted by Crippen LogP contribution is 2.40. The lowest BCUT2D eigenvalue weighted by molar-refractivity contribution is -0.106. The Bertz CT molecular complexity index is 484. The minimum absolute atomic E-state index is 0.283. The summed E-state index contributed by atoms with van der Waals surface area (Å²) in [6.07, 6.45) is 1.27. The van der Waals surface area contributed by atoms with Crippen LogP contribution in [-0.2, 0) is 11.3 Å². The van der Waals surface area contributed by atoms with Crippen LogP contribution in [0, 0.1) is 0 Å². The van der Waals surface area contributed by atoms with Crippen LogP contribution in [-0.4, -0.2) is 18.1 Å². The molecule has 0 aliphatic carbocycles. The molecule has 0 bridgehead atoms. The summed E-state index contributed by atoms with van der Waals surface area (Å²) < 4.78 is 10.6. The zero-order valence-corrected chi connectivity index (χ0v) is 9.25. The summed E-state index contributed by atoms with van der Waals surface area (Å²) in [5.74, 6) is 1.56. The summed E-state index contributed by atoms with van der Waals surface area (Å²) in [7, 11) is 0. The molecule has 2 heterocycles. The van der Waals surface area contributed by atoms with Crippen LogP contribution < -0.4 is 9.47 Å². The first kappa shape index (κ1) is 9.72. The highest BCUT2D eigenvalue weighted by molar-refractivity contribution is 8.14. The first-order chi connectivity index (χ1) is 7.86. The summed E-state index contributed by atoms with van der Waals surface area (Å²) in [4.78, 5) is 15.9. The number of thioether (sulfide) groups is 1. The maximum Gasteiger partial charge on any atom is 0.231 e. The molecule has 0 fully saturated rings. The Morgan fingerprint density at radius 2 is 2.19 bits per heavy atom. The number of benzene rings is 1. The van der Waals surface area contributed by atoms with Gasteiger partial charge >= 0.3 is 0 Å². The molecule has 0 amide bonds. The standard InChI is InChI=1S/C11H9NO3S/c13-2-1-11-12-5-7-3-8-9(15-6-14-8)4-10(7)16-11/h2-4H,1,5-6H2. The lowest BCUT2D eigenvalue weighted by Crippen LogP contribution is -2.02. The third-order valence-electron chi connectivity index (χ3n) is 2.47. The van der Waals surface area contributed by atoms with Crippen molar-refractivity contribution in [3.05, 3.63) is 17.7 Å². The molecule has 0 radical (unpaired) electrons. The van der Waals surface area contributed by atoms with Gasteiger partial charge in [-0.1, -0.05) is 11.8 Å². The molecule has 0 N–H and O–H groups in total. The van der Waals surface area contributed by atoms with Crippen LogP contribution in [0.3, 0.4) is 0 Å². The number of aldehydes is 1. The average molecular weight is 235 g/mol. The van der Waals surface area contributed by atoms with Gasteiger partial charge in [-0.25, -0.2) is 0 Å². The Labute approximate surface area is 96.7 Å². The molecular weight excluding hydrogens is 226 g/mol. The highest BCUT2D eigenvalue weighted by Gasteiger charge is 2.20. The third-order valence-corrected chi connectivity index (χ3v) is 3.60. The van der Waals surface area contributed by atoms with Crippen molar-refractivity contribution in [1.82, 2.24) is 0 Å². The molecule has 0 saturated heterocycles. The maximum absolute atomic E-state index is 10.4. The molecule has 82 valence electrons. The van der Waals surface area contributed by atoms with Crippen molar-refractivity contribution in [3.8, 4) is 11.5 Å². The SMILES string of the molecule is O=CCC1=NCc2cc3c(cc2S1)OCO3. The molecule has 2 aliphatic rings. The Balaban J connectivity index is 1.94. The minimum Gasteiger partial charge on any atom is -0.454 e. The number of rotatable bonds is 2. The van der Waals surface area contributed by atoms with E-state index in [1.807, 2.05) is 12.1 Å². The van der Waals surface area contributed by atoms with Crippen molar-refractivity contribution in [2.75, 3.05) is 6.79 Å². The van der Waals surface area contributed by atoms with E-state index in [0.29, 0.717) is 13.0 Å². The molecule has 1 aromatic rings. The fourth-order valence-electron chi connectivity index (χ4n) is 1.69. The van der Waals surface area contributed by atoms with Crippen molar-refractivity contribution >= 4 is 23.1 Å². The Kier molecular flexibility index (Phi) is 2.32. The number of aliphatic imine (C=N–C) groups is 1. The van der Waals surface area contributed by atoms with Gasteiger partial charge in [0.1, 0.15) is 6.29 Å². The first-order valence-corrected chi connectivity index (χ1v) is 5.76. The van der Waals surface area contributed by atoms with E-state index in [0.717, 1.165) is 33.3 Å². The second-order valence-electron chi connectivity index (χ2n) is 3.50. The molecule has 4 nitrogen and oxygen atoms in total. The number of hydrogen-bond donors (Lipinski definition) is 0. The van der Waals surface area contributed by atoms with Crippen molar-refractivity contribution < 1.29 is 14.3 Å². The zero-order valence-electron chi connectivity index (χ0n) is 8.43. The molecule has 16 heavy (non-hydrogen) atoms. The molecular formula is C11H9NO3S. The van der Waals surface area contributed by atoms with E-state index in [9.17, 15) is 4.79 Å². The van der Waals surface area contributed by atoms with E-state index in [-0.39, 0.29) is 6.79 Å². The summed E-state index contributed by atoms with van der Waals surface area (Å²) in [6, 6.07) is 3.92. The first-order valence-electron chi connectivity index (χ1n) is 4.94. The largest absolute Gasteiger partial charge is 0.454 e. The molecule has 5 heteroatoms. The van der Waals surface area contributed by atoms with E-state index in [1.165, 1.54) is 11.8 Å². The fourth-order valence-corrected chi connectivity index (χ4v) is 2.65. The van der Waals surface area contributed by atoms with Gasteiger partial charge in [-0.2, -0.15) is 0 Å². The smallest absolute Gasteiger partial charge is 0.231 e. The molecule has 1 aromatic carbocycles. The minimum atomic E-state index is 0.283. The molecule has 0 aromatic heterocycles. The van der Waals surface area contributed by atoms with E-state index in [4.69, 9.17) is 9.47 Å². The molecule has 3 rings (SSSR count). The number of nitrogens with zero attached hydrogens (tertiary/aromatic N) is 1. The number of fused-ring (bicyclic) bond motifs is 2. The van der Waals surface area contributed by atoms with E-state index < -0.39 is 0 Å². The Morgan fingerprint density at radius 1 is 1.38 bits per heavy atom. The molecule has 0 spiro atoms. The van der Waals surface area contributed by atoms with Gasteiger partial charge in [0.2, 0.25) is 6.79 Å². The van der Waals surface area contributed by atoms with E-state index in [2.05, 4.69) is 4.99 Å². The van der Waals surface area contributed by atoms with Gasteiger partial charge in [0.25, 0.3) is 0 Å². The van der Waals surface area contributed by atoms with E-state index in [1.54, 1.807) is 0 Å². The predicted molar refractivity (Wildman–Crippen MR) is 60.2 cm³/mol. The predicted octanol–water partition coefficient (Wildman–Crippen LogP) is 2.01. The van der Waals surface area contributed by atoms with Crippen molar-refractivity contribution in [2.24, 2.45) is 4.99 Å². The summed E-state index contributed by atoms with van der Waals surface area (Å²) in [5, 5.41) is 0.862. The second-order valence-corrected chi connectivity index (χ2v) is 4.61. The van der Waals surface area contributed by atoms with Gasteiger partial charge in [-0.05, 0) is 17.7 Å². The quantitative estimate of drug-likeness (QED) is 0.736. The zero-order chi connectivity index (χ0) is 11.0. The lowest BCUT2D eigenvalue weighted by Gasteiger charge is -2.14. The number of carbonyl (C=O) groups excluding carboxylic acids is 1. The van der Waals surface area contributed by atoms with Crippen LogP contribution in [0.15, 0.2) is 22.0 Å². The van der Waals surface area contributed by atoms with Gasteiger partial charge in [-0.15, -0.1) is 0 Å². The topological polar surface area (TPSA) is 47.9 Å². The maximum atomic E-state index is 10.4. The van der Waals surface area contributed by atoms with Crippen LogP contribution in [0.4, 0.5) is 0 Å². The van der Waals surface area contributed by atoms with Gasteiger partial charge in [0.05, 0.1) is 18.0 Å². The average Bonchev–Trinajstić information content (AvgIpc) is 2.73. The van der Waals surface area contributed by atoms with Gasteiger partial charge in [-0.3, -0.25) is 4.99 Å². The van der Waals surface area contributed by atoms with Crippen LogP contribution >= 0.6 is 11.8 Å². The Morgan fingerprint density at radius 3 is 3.00 bits per heavy atom. The third kappa shape index (κ3) is 1.57. The molecule has 0 saturated carbocycles. The monoisotopic (exact) mass is 235 g/mol. The van der Waals surface area contributed by atoms with E-state index >= 15 is 0 Å². The molecule has 0 atom stereocenters. The molecule has 2 aliphatic heterocycles. The number of carbonyl (C=O) groups is 1. The van der Waals surface area contributed by atoms with Gasteiger partial charge < -0.3 is 14.3 Å². The summed E-state index contributed by atoms with van der Waals surface area (Å²) in [6.45, 7) is 0.896. The van der Waals surface area contributed by atoms with Crippen LogP contribution in [0.5, 0.6) is 11.5 Å². The summed E-state index contributed by atoms with van der Waals surface area (Å²) >= 11 is 1.53. The van der Waals surface area contributed by atoms with Crippen LogP contribution in [0.1, 0.15) is 12.0 Å². The highest BCUT2D eigenvalue weighted by atomic mass is 32.2. The lowest BCUT2D eigenvalue weighted by atomic mass is 10.2. The van der Waals surface area contributed by atoms with Crippen molar-refractivity contribution in [2.45, 2.75) is 17.9 Å². The molecule has 0 unspecified atom stereocenters. The Hall–Kier alpha value is -1.49. The van der Waals surface area contributed by atoms with Gasteiger partial charge in [0, 0.05) is 4.90 Å². The van der Waals surface area contributed by atoms with Crippen LogP contribution in [0.2, 0.25) is 0 Å². The normalized spacial score (nSPS) is 16.6. The fraction of sp³-hybridized carbons (Fsp3) is 0.273.